The summed E-state index contributed by atoms with van der Waals surface area (Å²) in [7, 11) is 0. The van der Waals surface area contributed by atoms with Gasteiger partial charge in [0.2, 0.25) is 5.91 Å². The summed E-state index contributed by atoms with van der Waals surface area (Å²) in [5.41, 5.74) is 3.85. The van der Waals surface area contributed by atoms with Crippen LogP contribution in [0.25, 0.3) is 10.9 Å². The second-order valence-corrected chi connectivity index (χ2v) is 7.91. The van der Waals surface area contributed by atoms with E-state index in [9.17, 15) is 19.1 Å². The number of carbonyl (C=O) groups excluding carboxylic acids is 1. The van der Waals surface area contributed by atoms with Crippen LogP contribution >= 0.6 is 0 Å². The number of aliphatic carboxylic acids is 1. The molecule has 0 fully saturated rings. The molecule has 0 aliphatic heterocycles. The highest BCUT2D eigenvalue weighted by Gasteiger charge is 2.27. The van der Waals surface area contributed by atoms with E-state index in [0.29, 0.717) is 19.3 Å². The quantitative estimate of drug-likeness (QED) is 0.624. The molecule has 2 N–H and O–H groups in total. The number of aryl methyl sites for hydroxylation is 1. The highest BCUT2D eigenvalue weighted by molar-refractivity contribution is 5.87. The molecule has 6 heteroatoms. The van der Waals surface area contributed by atoms with Crippen molar-refractivity contribution < 1.29 is 19.1 Å². The van der Waals surface area contributed by atoms with Gasteiger partial charge < -0.3 is 15.0 Å². The van der Waals surface area contributed by atoms with E-state index in [0.717, 1.165) is 41.4 Å². The zero-order valence-corrected chi connectivity index (χ0v) is 16.7. The summed E-state index contributed by atoms with van der Waals surface area (Å²) in [5.74, 6) is -1.24. The van der Waals surface area contributed by atoms with Gasteiger partial charge in [-0.3, -0.25) is 9.59 Å². The van der Waals surface area contributed by atoms with Gasteiger partial charge in [0.05, 0.1) is 0 Å². The molecular formula is C24H25FN2O3. The molecule has 1 heterocycles. The van der Waals surface area contributed by atoms with Gasteiger partial charge >= 0.3 is 5.97 Å². The zero-order valence-electron chi connectivity index (χ0n) is 16.7. The fraction of sp³-hybridized carbons (Fsp3) is 0.333. The highest BCUT2D eigenvalue weighted by atomic mass is 19.1. The standard InChI is InChI=1S/C24H25FN2O3/c25-17-9-11-21-19(13-17)20-14-18(10-12-22(20)27(21)15-24(29)30)26-23(28)8-4-7-16-5-2-1-3-6-16/h1-3,5-6,9,11,13,18H,4,7-8,10,12,14-15H2,(H,26,28)(H,29,30)/t18-/m0/s1. The average molecular weight is 408 g/mol. The molecule has 1 amide bonds. The van der Waals surface area contributed by atoms with Crippen LogP contribution in [-0.4, -0.2) is 27.6 Å². The van der Waals surface area contributed by atoms with Crippen LogP contribution in [0.3, 0.4) is 0 Å². The van der Waals surface area contributed by atoms with Gasteiger partial charge in [0, 0.05) is 29.1 Å². The van der Waals surface area contributed by atoms with Crippen molar-refractivity contribution in [2.45, 2.75) is 51.1 Å². The topological polar surface area (TPSA) is 71.3 Å². The number of halogens is 1. The van der Waals surface area contributed by atoms with Gasteiger partial charge in [-0.1, -0.05) is 30.3 Å². The van der Waals surface area contributed by atoms with Crippen molar-refractivity contribution in [3.63, 3.8) is 0 Å². The maximum absolute atomic E-state index is 13.9. The van der Waals surface area contributed by atoms with Crippen LogP contribution in [0.4, 0.5) is 4.39 Å². The lowest BCUT2D eigenvalue weighted by Gasteiger charge is -2.25. The maximum atomic E-state index is 13.9. The van der Waals surface area contributed by atoms with Crippen molar-refractivity contribution in [1.29, 1.82) is 0 Å². The first-order valence-electron chi connectivity index (χ1n) is 10.4. The average Bonchev–Trinajstić information content (AvgIpc) is 3.01. The lowest BCUT2D eigenvalue weighted by atomic mass is 9.91. The Bertz CT molecular complexity index is 1070. The van der Waals surface area contributed by atoms with Gasteiger partial charge in [-0.25, -0.2) is 4.39 Å². The Kier molecular flexibility index (Phi) is 5.84. The molecule has 30 heavy (non-hydrogen) atoms. The minimum Gasteiger partial charge on any atom is -0.480 e. The summed E-state index contributed by atoms with van der Waals surface area (Å²) < 4.78 is 15.6. The van der Waals surface area contributed by atoms with Crippen molar-refractivity contribution >= 4 is 22.8 Å². The van der Waals surface area contributed by atoms with E-state index in [1.165, 1.54) is 17.7 Å². The first kappa shape index (κ1) is 20.1. The van der Waals surface area contributed by atoms with Crippen LogP contribution in [0.1, 0.15) is 36.1 Å². The first-order chi connectivity index (χ1) is 14.5. The second-order valence-electron chi connectivity index (χ2n) is 7.91. The van der Waals surface area contributed by atoms with Gasteiger partial charge in [0.15, 0.2) is 0 Å². The zero-order chi connectivity index (χ0) is 21.1. The summed E-state index contributed by atoms with van der Waals surface area (Å²) in [6.45, 7) is -0.145. The number of hydrogen-bond acceptors (Lipinski definition) is 2. The van der Waals surface area contributed by atoms with E-state index in [2.05, 4.69) is 17.4 Å². The van der Waals surface area contributed by atoms with Crippen molar-refractivity contribution in [3.05, 3.63) is 71.2 Å². The van der Waals surface area contributed by atoms with Crippen molar-refractivity contribution in [1.82, 2.24) is 9.88 Å². The second kappa shape index (κ2) is 8.69. The Morgan fingerprint density at radius 3 is 2.73 bits per heavy atom. The molecule has 2 aromatic carbocycles. The molecule has 1 aromatic heterocycles. The van der Waals surface area contributed by atoms with Crippen molar-refractivity contribution in [2.24, 2.45) is 0 Å². The Morgan fingerprint density at radius 1 is 1.17 bits per heavy atom. The van der Waals surface area contributed by atoms with Crippen LogP contribution in [0.15, 0.2) is 48.5 Å². The Labute approximate surface area is 174 Å². The number of carbonyl (C=O) groups is 2. The summed E-state index contributed by atoms with van der Waals surface area (Å²) in [4.78, 5) is 23.8. The van der Waals surface area contributed by atoms with Crippen molar-refractivity contribution in [3.8, 4) is 0 Å². The lowest BCUT2D eigenvalue weighted by Crippen LogP contribution is -2.39. The van der Waals surface area contributed by atoms with Gasteiger partial charge in [-0.2, -0.15) is 0 Å². The molecule has 0 unspecified atom stereocenters. The van der Waals surface area contributed by atoms with Crippen LogP contribution in [0, 0.1) is 5.82 Å². The number of nitrogens with zero attached hydrogens (tertiary/aromatic N) is 1. The third-order valence-electron chi connectivity index (χ3n) is 5.80. The van der Waals surface area contributed by atoms with Crippen LogP contribution in [-0.2, 0) is 35.4 Å². The molecule has 1 atom stereocenters. The number of rotatable bonds is 7. The normalized spacial score (nSPS) is 15.7. The molecule has 0 saturated heterocycles. The number of amides is 1. The smallest absolute Gasteiger partial charge is 0.323 e. The molecule has 4 rings (SSSR count). The monoisotopic (exact) mass is 408 g/mol. The minimum absolute atomic E-state index is 0.0196. The fourth-order valence-corrected chi connectivity index (χ4v) is 4.46. The molecule has 0 saturated carbocycles. The number of benzene rings is 2. The predicted octanol–water partition coefficient (Wildman–Crippen LogP) is 3.86. The Balaban J connectivity index is 1.44. The molecule has 3 aromatic rings. The van der Waals surface area contributed by atoms with Gasteiger partial charge in [0.25, 0.3) is 0 Å². The third kappa shape index (κ3) is 4.37. The van der Waals surface area contributed by atoms with Crippen LogP contribution in [0.5, 0.6) is 0 Å². The molecule has 1 aliphatic rings. The molecule has 0 spiro atoms. The Morgan fingerprint density at radius 2 is 1.97 bits per heavy atom. The van der Waals surface area contributed by atoms with Gasteiger partial charge in [-0.15, -0.1) is 0 Å². The van der Waals surface area contributed by atoms with Gasteiger partial charge in [0.1, 0.15) is 12.4 Å². The maximum Gasteiger partial charge on any atom is 0.323 e. The summed E-state index contributed by atoms with van der Waals surface area (Å²) in [6.07, 6.45) is 4.12. The molecular weight excluding hydrogens is 383 g/mol. The minimum atomic E-state index is -0.923. The number of nitrogens with one attached hydrogen (secondary N) is 1. The van der Waals surface area contributed by atoms with Crippen LogP contribution < -0.4 is 5.32 Å². The van der Waals surface area contributed by atoms with E-state index in [1.807, 2.05) is 18.2 Å². The number of aromatic nitrogens is 1. The molecule has 0 radical (unpaired) electrons. The molecule has 5 nitrogen and oxygen atoms in total. The number of hydrogen-bond donors (Lipinski definition) is 2. The van der Waals surface area contributed by atoms with Gasteiger partial charge in [-0.05, 0) is 61.4 Å². The number of carboxylic acid groups (broad SMARTS) is 1. The van der Waals surface area contributed by atoms with Crippen LogP contribution in [0.2, 0.25) is 0 Å². The van der Waals surface area contributed by atoms with E-state index in [1.54, 1.807) is 10.6 Å². The highest BCUT2D eigenvalue weighted by Crippen LogP contribution is 2.33. The summed E-state index contributed by atoms with van der Waals surface area (Å²) in [5, 5.41) is 13.1. The molecule has 156 valence electrons. The van der Waals surface area contributed by atoms with E-state index < -0.39 is 5.97 Å². The predicted molar refractivity (Wildman–Crippen MR) is 113 cm³/mol. The third-order valence-corrected chi connectivity index (χ3v) is 5.80. The number of carboxylic acids is 1. The van der Waals surface area contributed by atoms with Crippen molar-refractivity contribution in [2.75, 3.05) is 0 Å². The largest absolute Gasteiger partial charge is 0.480 e. The Hall–Kier alpha value is -3.15. The SMILES string of the molecule is O=C(O)Cn1c2c(c3cc(F)ccc31)C[C@@H](NC(=O)CCCc1ccccc1)CC2. The molecule has 1 aliphatic carbocycles. The summed E-state index contributed by atoms with van der Waals surface area (Å²) >= 11 is 0. The molecule has 0 bridgehead atoms. The lowest BCUT2D eigenvalue weighted by molar-refractivity contribution is -0.137. The van der Waals surface area contributed by atoms with E-state index in [-0.39, 0.29) is 24.3 Å². The number of fused-ring (bicyclic) bond motifs is 3. The fourth-order valence-electron chi connectivity index (χ4n) is 4.46. The summed E-state index contributed by atoms with van der Waals surface area (Å²) in [6, 6.07) is 14.6. The first-order valence-corrected chi connectivity index (χ1v) is 10.4. The van der Waals surface area contributed by atoms with E-state index >= 15 is 0 Å². The van der Waals surface area contributed by atoms with E-state index in [4.69, 9.17) is 0 Å².